The van der Waals surface area contributed by atoms with Crippen molar-refractivity contribution in [1.29, 1.82) is 0 Å². The maximum absolute atomic E-state index is 5.92. The number of hydrogen-bond donors (Lipinski definition) is 0. The summed E-state index contributed by atoms with van der Waals surface area (Å²) in [4.78, 5) is 0. The Kier molecular flexibility index (Phi) is 6.02. The van der Waals surface area contributed by atoms with E-state index in [9.17, 15) is 0 Å². The van der Waals surface area contributed by atoms with Gasteiger partial charge in [0.25, 0.3) is 0 Å². The average molecular weight is 278 g/mol. The molecule has 0 bridgehead atoms. The summed E-state index contributed by atoms with van der Waals surface area (Å²) in [5.74, 6) is 1.06. The third kappa shape index (κ3) is 4.30. The number of rotatable bonds is 7. The van der Waals surface area contributed by atoms with E-state index in [1.54, 1.807) is 7.11 Å². The molecule has 3 nitrogen and oxygen atoms in total. The Morgan fingerprint density at radius 3 is 2.70 bits per heavy atom. The lowest BCUT2D eigenvalue weighted by Gasteiger charge is -2.22. The van der Waals surface area contributed by atoms with Gasteiger partial charge in [-0.05, 0) is 23.8 Å². The molecule has 2 rings (SSSR count). The van der Waals surface area contributed by atoms with Crippen molar-refractivity contribution in [1.82, 2.24) is 0 Å². The normalized spacial score (nSPS) is 27.6. The number of ether oxygens (including phenoxy) is 3. The lowest BCUT2D eigenvalue weighted by atomic mass is 9.91. The first-order valence-corrected chi connectivity index (χ1v) is 7.50. The molecule has 0 unspecified atom stereocenters. The Bertz CT molecular complexity index is 379. The monoisotopic (exact) mass is 278 g/mol. The Morgan fingerprint density at radius 1 is 1.30 bits per heavy atom. The van der Waals surface area contributed by atoms with Crippen molar-refractivity contribution in [2.24, 2.45) is 11.8 Å². The molecule has 4 atom stereocenters. The van der Waals surface area contributed by atoms with Crippen molar-refractivity contribution < 1.29 is 14.2 Å². The molecule has 3 heteroatoms. The van der Waals surface area contributed by atoms with Crippen molar-refractivity contribution in [3.63, 3.8) is 0 Å². The molecule has 0 amide bonds. The van der Waals surface area contributed by atoms with Gasteiger partial charge in [0.1, 0.15) is 0 Å². The van der Waals surface area contributed by atoms with E-state index in [0.717, 1.165) is 19.4 Å². The van der Waals surface area contributed by atoms with Gasteiger partial charge in [0, 0.05) is 20.1 Å². The fourth-order valence-corrected chi connectivity index (χ4v) is 2.85. The summed E-state index contributed by atoms with van der Waals surface area (Å²) in [5.41, 5.74) is 1.23. The van der Waals surface area contributed by atoms with Gasteiger partial charge in [-0.15, -0.1) is 0 Å². The van der Waals surface area contributed by atoms with Crippen molar-refractivity contribution >= 4 is 0 Å². The lowest BCUT2D eigenvalue weighted by Crippen LogP contribution is -2.24. The topological polar surface area (TPSA) is 27.7 Å². The summed E-state index contributed by atoms with van der Waals surface area (Å²) in [7, 11) is 1.72. The predicted octanol–water partition coefficient (Wildman–Crippen LogP) is 3.63. The van der Waals surface area contributed by atoms with Crippen LogP contribution in [0.15, 0.2) is 30.3 Å². The van der Waals surface area contributed by atoms with Gasteiger partial charge in [0.2, 0.25) is 0 Å². The summed E-state index contributed by atoms with van der Waals surface area (Å²) in [6, 6.07) is 10.3. The standard InChI is InChI=1S/C17H26O3/c1-13(17-14(2)11-16(18-3)20-17)9-10-19-12-15-7-5-4-6-8-15/h4-8,13-14,16-17H,9-12H2,1-3H3/t13-,14+,16-,17+/m0/s1. The van der Waals surface area contributed by atoms with E-state index in [2.05, 4.69) is 26.0 Å². The fourth-order valence-electron chi connectivity index (χ4n) is 2.85. The predicted molar refractivity (Wildman–Crippen MR) is 79.3 cm³/mol. The quantitative estimate of drug-likeness (QED) is 0.713. The van der Waals surface area contributed by atoms with Crippen LogP contribution in [-0.2, 0) is 20.8 Å². The van der Waals surface area contributed by atoms with Gasteiger partial charge in [0.15, 0.2) is 6.29 Å². The molecule has 20 heavy (non-hydrogen) atoms. The summed E-state index contributed by atoms with van der Waals surface area (Å²) >= 11 is 0. The van der Waals surface area contributed by atoms with Crippen molar-refractivity contribution in [3.05, 3.63) is 35.9 Å². The van der Waals surface area contributed by atoms with Gasteiger partial charge in [-0.3, -0.25) is 0 Å². The molecule has 0 radical (unpaired) electrons. The molecular weight excluding hydrogens is 252 g/mol. The Hall–Kier alpha value is -0.900. The highest BCUT2D eigenvalue weighted by Crippen LogP contribution is 2.32. The summed E-state index contributed by atoms with van der Waals surface area (Å²) in [6.45, 7) is 5.95. The maximum Gasteiger partial charge on any atom is 0.157 e. The van der Waals surface area contributed by atoms with Crippen LogP contribution in [0.25, 0.3) is 0 Å². The van der Waals surface area contributed by atoms with Crippen LogP contribution in [0.2, 0.25) is 0 Å². The van der Waals surface area contributed by atoms with Gasteiger partial charge in [-0.1, -0.05) is 44.2 Å². The number of methoxy groups -OCH3 is 1. The maximum atomic E-state index is 5.92. The molecule has 1 heterocycles. The molecule has 1 fully saturated rings. The molecule has 0 aliphatic carbocycles. The molecule has 0 saturated carbocycles. The van der Waals surface area contributed by atoms with E-state index < -0.39 is 0 Å². The second-order valence-electron chi connectivity index (χ2n) is 5.78. The minimum Gasteiger partial charge on any atom is -0.377 e. The van der Waals surface area contributed by atoms with E-state index in [1.807, 2.05) is 18.2 Å². The lowest BCUT2D eigenvalue weighted by molar-refractivity contribution is -0.128. The minimum absolute atomic E-state index is 0.0253. The Morgan fingerprint density at radius 2 is 2.05 bits per heavy atom. The third-order valence-corrected chi connectivity index (χ3v) is 4.09. The second kappa shape index (κ2) is 7.77. The van der Waals surface area contributed by atoms with Gasteiger partial charge in [0.05, 0.1) is 12.7 Å². The van der Waals surface area contributed by atoms with Crippen LogP contribution in [0.5, 0.6) is 0 Å². The van der Waals surface area contributed by atoms with Crippen molar-refractivity contribution in [2.75, 3.05) is 13.7 Å². The minimum atomic E-state index is -0.0253. The Balaban J connectivity index is 1.66. The highest BCUT2D eigenvalue weighted by molar-refractivity contribution is 5.13. The summed E-state index contributed by atoms with van der Waals surface area (Å²) in [6.07, 6.45) is 2.29. The van der Waals surface area contributed by atoms with Crippen LogP contribution in [0.3, 0.4) is 0 Å². The number of benzene rings is 1. The molecule has 1 saturated heterocycles. The van der Waals surface area contributed by atoms with Gasteiger partial charge >= 0.3 is 0 Å². The molecule has 1 aromatic carbocycles. The van der Waals surface area contributed by atoms with E-state index in [0.29, 0.717) is 24.5 Å². The first kappa shape index (κ1) is 15.5. The van der Waals surface area contributed by atoms with Gasteiger partial charge in [-0.25, -0.2) is 0 Å². The highest BCUT2D eigenvalue weighted by atomic mass is 16.7. The molecule has 1 aliphatic rings. The van der Waals surface area contributed by atoms with Crippen LogP contribution in [0.1, 0.15) is 32.3 Å². The van der Waals surface area contributed by atoms with Crippen LogP contribution in [0, 0.1) is 11.8 Å². The molecular formula is C17H26O3. The first-order valence-electron chi connectivity index (χ1n) is 7.50. The first-order chi connectivity index (χ1) is 9.70. The van der Waals surface area contributed by atoms with Crippen LogP contribution < -0.4 is 0 Å². The third-order valence-electron chi connectivity index (χ3n) is 4.09. The van der Waals surface area contributed by atoms with E-state index in [4.69, 9.17) is 14.2 Å². The van der Waals surface area contributed by atoms with Crippen LogP contribution in [-0.4, -0.2) is 26.1 Å². The molecule has 0 aromatic heterocycles. The average Bonchev–Trinajstić information content (AvgIpc) is 2.86. The van der Waals surface area contributed by atoms with E-state index >= 15 is 0 Å². The van der Waals surface area contributed by atoms with Gasteiger partial charge in [-0.2, -0.15) is 0 Å². The molecule has 0 N–H and O–H groups in total. The van der Waals surface area contributed by atoms with E-state index in [-0.39, 0.29) is 6.29 Å². The highest BCUT2D eigenvalue weighted by Gasteiger charge is 2.35. The zero-order valence-corrected chi connectivity index (χ0v) is 12.7. The smallest absolute Gasteiger partial charge is 0.157 e. The number of hydrogen-bond acceptors (Lipinski definition) is 3. The van der Waals surface area contributed by atoms with Crippen molar-refractivity contribution in [2.45, 2.75) is 45.7 Å². The largest absolute Gasteiger partial charge is 0.377 e. The summed E-state index contributed by atoms with van der Waals surface area (Å²) < 4.78 is 17.0. The molecule has 0 spiro atoms. The van der Waals surface area contributed by atoms with E-state index in [1.165, 1.54) is 5.56 Å². The van der Waals surface area contributed by atoms with Crippen LogP contribution in [0.4, 0.5) is 0 Å². The molecule has 1 aromatic rings. The molecule has 1 aliphatic heterocycles. The fraction of sp³-hybridized carbons (Fsp3) is 0.647. The zero-order chi connectivity index (χ0) is 14.4. The zero-order valence-electron chi connectivity index (χ0n) is 12.7. The molecule has 112 valence electrons. The Labute approximate surface area is 122 Å². The second-order valence-corrected chi connectivity index (χ2v) is 5.78. The van der Waals surface area contributed by atoms with Crippen molar-refractivity contribution in [3.8, 4) is 0 Å². The van der Waals surface area contributed by atoms with Crippen LogP contribution >= 0.6 is 0 Å². The summed E-state index contributed by atoms with van der Waals surface area (Å²) in [5, 5.41) is 0. The van der Waals surface area contributed by atoms with Gasteiger partial charge < -0.3 is 14.2 Å². The SMILES string of the molecule is CO[C@@H]1C[C@@H](C)[C@@H]([C@@H](C)CCOCc2ccccc2)O1.